The topological polar surface area (TPSA) is 102 Å². The molecule has 0 fully saturated rings. The molecule has 22 heavy (non-hydrogen) atoms. The van der Waals surface area contributed by atoms with E-state index in [0.717, 1.165) is 25.5 Å². The number of aromatic carboxylic acids is 1. The fourth-order valence-corrected chi connectivity index (χ4v) is 1.82. The lowest BCUT2D eigenvalue weighted by molar-refractivity contribution is 0.0526. The smallest absolute Gasteiger partial charge is 0.407 e. The molecule has 0 aliphatic heterocycles. The molecule has 124 valence electrons. The summed E-state index contributed by atoms with van der Waals surface area (Å²) in [5.41, 5.74) is -0.570. The first-order chi connectivity index (χ1) is 10.2. The van der Waals surface area contributed by atoms with Crippen LogP contribution in [-0.2, 0) is 4.74 Å². The first kappa shape index (κ1) is 18.0. The number of alkyl carbamates (subject to hydrolysis) is 1. The number of amides is 1. The molecule has 0 radical (unpaired) electrons. The maximum Gasteiger partial charge on any atom is 0.407 e. The molecular weight excluding hydrogens is 288 g/mol. The van der Waals surface area contributed by atoms with E-state index >= 15 is 0 Å². The van der Waals surface area contributed by atoms with E-state index in [1.165, 1.54) is 0 Å². The van der Waals surface area contributed by atoms with Gasteiger partial charge in [-0.05, 0) is 33.6 Å². The first-order valence-electron chi connectivity index (χ1n) is 7.34. The monoisotopic (exact) mass is 312 g/mol. The second-order valence-electron chi connectivity index (χ2n) is 6.20. The van der Waals surface area contributed by atoms with Crippen molar-refractivity contribution in [3.8, 4) is 0 Å². The highest BCUT2D eigenvalue weighted by Crippen LogP contribution is 2.20. The molecule has 0 spiro atoms. The Kier molecular flexibility index (Phi) is 6.39. The lowest BCUT2D eigenvalue weighted by atomic mass is 10.0. The summed E-state index contributed by atoms with van der Waals surface area (Å²) in [5.74, 6) is -0.629. The van der Waals surface area contributed by atoms with Crippen molar-refractivity contribution in [2.24, 2.45) is 0 Å². The second kappa shape index (κ2) is 7.82. The average Bonchev–Trinajstić information content (AvgIpc) is 2.85. The van der Waals surface area contributed by atoms with Crippen LogP contribution in [0.25, 0.3) is 0 Å². The highest BCUT2D eigenvalue weighted by molar-refractivity contribution is 5.84. The molecule has 0 aromatic carbocycles. The summed E-state index contributed by atoms with van der Waals surface area (Å²) in [4.78, 5) is 26.1. The number of nitrogens with one attached hydrogen (secondary N) is 1. The van der Waals surface area contributed by atoms with Crippen molar-refractivity contribution in [2.45, 2.75) is 58.5 Å². The van der Waals surface area contributed by atoms with Gasteiger partial charge >= 0.3 is 12.1 Å². The Morgan fingerprint density at radius 1 is 1.41 bits per heavy atom. The van der Waals surface area contributed by atoms with E-state index in [0.29, 0.717) is 12.4 Å². The number of hydrogen-bond acceptors (Lipinski definition) is 5. The molecule has 1 unspecified atom stereocenters. The summed E-state index contributed by atoms with van der Waals surface area (Å²) in [6, 6.07) is 0. The number of nitrogens with zero attached hydrogens (tertiary/aromatic N) is 1. The van der Waals surface area contributed by atoms with E-state index in [-0.39, 0.29) is 11.6 Å². The summed E-state index contributed by atoms with van der Waals surface area (Å²) in [6.45, 7) is 7.91. The zero-order valence-electron chi connectivity index (χ0n) is 13.5. The van der Waals surface area contributed by atoms with E-state index in [2.05, 4.69) is 10.3 Å². The van der Waals surface area contributed by atoms with Crippen molar-refractivity contribution in [3.05, 3.63) is 17.8 Å². The van der Waals surface area contributed by atoms with Gasteiger partial charge in [0.2, 0.25) is 0 Å². The molecule has 0 aliphatic rings. The molecule has 0 bridgehead atoms. The van der Waals surface area contributed by atoms with Crippen molar-refractivity contribution in [1.82, 2.24) is 10.3 Å². The Balaban J connectivity index is 2.21. The normalized spacial score (nSPS) is 12.7. The predicted octanol–water partition coefficient (Wildman–Crippen LogP) is 3.17. The molecule has 2 N–H and O–H groups in total. The maximum atomic E-state index is 11.4. The van der Waals surface area contributed by atoms with Crippen LogP contribution in [0, 0.1) is 0 Å². The third-order valence-corrected chi connectivity index (χ3v) is 2.89. The van der Waals surface area contributed by atoms with Crippen LogP contribution in [0.5, 0.6) is 0 Å². The molecular formula is C15H24N2O5. The number of unbranched alkanes of at least 4 members (excludes halogenated alkanes) is 1. The summed E-state index contributed by atoms with van der Waals surface area (Å²) in [6.07, 6.45) is 3.20. The van der Waals surface area contributed by atoms with Crippen LogP contribution in [0.2, 0.25) is 0 Å². The zero-order chi connectivity index (χ0) is 16.8. The molecule has 1 aromatic heterocycles. The van der Waals surface area contributed by atoms with Gasteiger partial charge in [0.25, 0.3) is 0 Å². The zero-order valence-corrected chi connectivity index (χ0v) is 13.5. The third-order valence-electron chi connectivity index (χ3n) is 2.89. The van der Waals surface area contributed by atoms with E-state index in [9.17, 15) is 9.59 Å². The second-order valence-corrected chi connectivity index (χ2v) is 6.20. The Labute approximate surface area is 130 Å². The molecule has 1 amide bonds. The van der Waals surface area contributed by atoms with E-state index in [4.69, 9.17) is 14.3 Å². The number of carboxylic acids is 1. The van der Waals surface area contributed by atoms with Crippen LogP contribution >= 0.6 is 0 Å². The molecule has 0 saturated heterocycles. The highest BCUT2D eigenvalue weighted by Gasteiger charge is 2.17. The van der Waals surface area contributed by atoms with Crippen LogP contribution in [0.3, 0.4) is 0 Å². The number of aromatic nitrogens is 1. The summed E-state index contributed by atoms with van der Waals surface area (Å²) >= 11 is 0. The quantitative estimate of drug-likeness (QED) is 0.750. The van der Waals surface area contributed by atoms with Gasteiger partial charge in [0.05, 0.1) is 0 Å². The van der Waals surface area contributed by atoms with Gasteiger partial charge in [-0.3, -0.25) is 0 Å². The van der Waals surface area contributed by atoms with Gasteiger partial charge in [-0.15, -0.1) is 0 Å². The van der Waals surface area contributed by atoms with E-state index < -0.39 is 17.7 Å². The number of oxazole rings is 1. The van der Waals surface area contributed by atoms with Crippen molar-refractivity contribution in [2.75, 3.05) is 6.54 Å². The van der Waals surface area contributed by atoms with Gasteiger partial charge in [-0.1, -0.05) is 13.3 Å². The van der Waals surface area contributed by atoms with Gasteiger partial charge in [0, 0.05) is 12.5 Å². The molecule has 7 nitrogen and oxygen atoms in total. The average molecular weight is 312 g/mol. The molecule has 0 aliphatic carbocycles. The predicted molar refractivity (Wildman–Crippen MR) is 80.0 cm³/mol. The van der Waals surface area contributed by atoms with Crippen molar-refractivity contribution in [3.63, 3.8) is 0 Å². The fourth-order valence-electron chi connectivity index (χ4n) is 1.82. The standard InChI is InChI=1S/C15H24N2O5/c1-10(12-17-11(9-21-12)13(18)19)7-5-6-8-16-14(20)22-15(2,3)4/h9-10H,5-8H2,1-4H3,(H,16,20)(H,18,19). The Morgan fingerprint density at radius 2 is 2.09 bits per heavy atom. The van der Waals surface area contributed by atoms with Crippen LogP contribution in [-0.4, -0.2) is 34.3 Å². The number of carboxylic acid groups (broad SMARTS) is 1. The number of hydrogen-bond donors (Lipinski definition) is 2. The Morgan fingerprint density at radius 3 is 2.64 bits per heavy atom. The minimum Gasteiger partial charge on any atom is -0.476 e. The number of carbonyl (C=O) groups excluding carboxylic acids is 1. The van der Waals surface area contributed by atoms with Gasteiger partial charge < -0.3 is 19.6 Å². The SMILES string of the molecule is CC(CCCCNC(=O)OC(C)(C)C)c1nc(C(=O)O)co1. The van der Waals surface area contributed by atoms with Gasteiger partial charge in [0.15, 0.2) is 11.6 Å². The van der Waals surface area contributed by atoms with Gasteiger partial charge in [0.1, 0.15) is 11.9 Å². The molecule has 0 saturated carbocycles. The highest BCUT2D eigenvalue weighted by atomic mass is 16.6. The molecule has 1 atom stereocenters. The van der Waals surface area contributed by atoms with Crippen molar-refractivity contribution >= 4 is 12.1 Å². The number of carbonyl (C=O) groups is 2. The molecule has 1 heterocycles. The summed E-state index contributed by atoms with van der Waals surface area (Å²) in [5, 5.41) is 11.5. The number of rotatable bonds is 7. The maximum absolute atomic E-state index is 11.4. The van der Waals surface area contributed by atoms with Gasteiger partial charge in [-0.25, -0.2) is 14.6 Å². The van der Waals surface area contributed by atoms with Crippen LogP contribution < -0.4 is 5.32 Å². The third kappa shape index (κ3) is 6.60. The molecule has 7 heteroatoms. The lowest BCUT2D eigenvalue weighted by Crippen LogP contribution is -2.33. The first-order valence-corrected chi connectivity index (χ1v) is 7.34. The molecule has 1 rings (SSSR count). The van der Waals surface area contributed by atoms with Gasteiger partial charge in [-0.2, -0.15) is 0 Å². The van der Waals surface area contributed by atoms with Crippen molar-refractivity contribution < 1.29 is 23.8 Å². The largest absolute Gasteiger partial charge is 0.476 e. The number of ether oxygens (including phenoxy) is 1. The van der Waals surface area contributed by atoms with Crippen molar-refractivity contribution in [1.29, 1.82) is 0 Å². The van der Waals surface area contributed by atoms with Crippen LogP contribution in [0.4, 0.5) is 4.79 Å². The summed E-state index contributed by atoms with van der Waals surface area (Å²) < 4.78 is 10.3. The van der Waals surface area contributed by atoms with Crippen LogP contribution in [0.1, 0.15) is 69.3 Å². The van der Waals surface area contributed by atoms with E-state index in [1.54, 1.807) is 0 Å². The lowest BCUT2D eigenvalue weighted by Gasteiger charge is -2.19. The Bertz CT molecular complexity index is 504. The minimum atomic E-state index is -1.09. The van der Waals surface area contributed by atoms with E-state index in [1.807, 2.05) is 27.7 Å². The minimum absolute atomic E-state index is 0.0367. The fraction of sp³-hybridized carbons (Fsp3) is 0.667. The summed E-state index contributed by atoms with van der Waals surface area (Å²) in [7, 11) is 0. The molecule has 1 aromatic rings. The Hall–Kier alpha value is -2.05. The van der Waals surface area contributed by atoms with Crippen LogP contribution in [0.15, 0.2) is 10.7 Å².